The minimum atomic E-state index is 0.666. The largest absolute Gasteiger partial charge is 0.341 e. The maximum absolute atomic E-state index is 11.4. The van der Waals surface area contributed by atoms with E-state index >= 15 is 0 Å². The van der Waals surface area contributed by atoms with Crippen molar-refractivity contribution >= 4 is 28.7 Å². The number of rotatable bonds is 3. The van der Waals surface area contributed by atoms with E-state index < -0.39 is 0 Å². The zero-order valence-electron chi connectivity index (χ0n) is 11.5. The van der Waals surface area contributed by atoms with Crippen LogP contribution in [0.2, 0.25) is 0 Å². The maximum Gasteiger partial charge on any atom is 0.154 e. The van der Waals surface area contributed by atoms with Crippen LogP contribution in [0, 0.1) is 13.8 Å². The number of aromatic amines is 1. The van der Waals surface area contributed by atoms with E-state index in [0.29, 0.717) is 5.56 Å². The number of para-hydroxylation sites is 1. The van der Waals surface area contributed by atoms with Crippen LogP contribution >= 0.6 is 0 Å². The molecule has 0 aliphatic carbocycles. The number of aromatic nitrogens is 1. The molecule has 0 saturated heterocycles. The molecule has 3 rings (SSSR count). The first-order valence-electron chi connectivity index (χ1n) is 6.58. The zero-order chi connectivity index (χ0) is 14.1. The third kappa shape index (κ3) is 2.18. The number of nitrogens with one attached hydrogen (secondary N) is 2. The van der Waals surface area contributed by atoms with E-state index in [1.54, 1.807) is 0 Å². The number of fused-ring (bicyclic) bond motifs is 1. The Morgan fingerprint density at radius 2 is 1.75 bits per heavy atom. The van der Waals surface area contributed by atoms with Gasteiger partial charge in [-0.05, 0) is 43.2 Å². The number of aryl methyl sites for hydroxylation is 2. The van der Waals surface area contributed by atoms with Crippen molar-refractivity contribution in [3.63, 3.8) is 0 Å². The molecule has 2 N–H and O–H groups in total. The molecule has 0 bridgehead atoms. The molecule has 3 heteroatoms. The van der Waals surface area contributed by atoms with Crippen LogP contribution < -0.4 is 5.32 Å². The molecule has 0 radical (unpaired) electrons. The van der Waals surface area contributed by atoms with Gasteiger partial charge in [0, 0.05) is 16.6 Å². The standard InChI is InChI=1S/C17H16N2O/c1-11-7-12(2)9-13(8-11)18-17-15(10-20)14-5-3-4-6-16(14)19-17/h3-10,18-19H,1-2H3. The fourth-order valence-corrected chi connectivity index (χ4v) is 2.58. The first kappa shape index (κ1) is 12.5. The number of carbonyl (C=O) groups is 1. The number of hydrogen-bond acceptors (Lipinski definition) is 2. The fourth-order valence-electron chi connectivity index (χ4n) is 2.58. The molecule has 0 atom stereocenters. The molecule has 2 aromatic carbocycles. The predicted molar refractivity (Wildman–Crippen MR) is 82.9 cm³/mol. The van der Waals surface area contributed by atoms with Crippen molar-refractivity contribution in [3.8, 4) is 0 Å². The maximum atomic E-state index is 11.4. The zero-order valence-corrected chi connectivity index (χ0v) is 11.5. The lowest BCUT2D eigenvalue weighted by molar-refractivity contribution is 0.112. The number of anilines is 2. The number of hydrogen-bond donors (Lipinski definition) is 2. The van der Waals surface area contributed by atoms with Crippen molar-refractivity contribution in [1.82, 2.24) is 4.98 Å². The molecule has 0 amide bonds. The quantitative estimate of drug-likeness (QED) is 0.691. The van der Waals surface area contributed by atoms with E-state index in [-0.39, 0.29) is 0 Å². The van der Waals surface area contributed by atoms with Gasteiger partial charge >= 0.3 is 0 Å². The first-order chi connectivity index (χ1) is 9.67. The summed E-state index contributed by atoms with van der Waals surface area (Å²) >= 11 is 0. The lowest BCUT2D eigenvalue weighted by Crippen LogP contribution is -1.95. The highest BCUT2D eigenvalue weighted by Gasteiger charge is 2.10. The Morgan fingerprint density at radius 1 is 1.05 bits per heavy atom. The molecule has 20 heavy (non-hydrogen) atoms. The SMILES string of the molecule is Cc1cc(C)cc(Nc2[nH]c3ccccc3c2C=O)c1. The molecular formula is C17H16N2O. The number of aldehydes is 1. The third-order valence-corrected chi connectivity index (χ3v) is 3.36. The van der Waals surface area contributed by atoms with E-state index in [1.165, 1.54) is 11.1 Å². The molecule has 0 saturated carbocycles. The van der Waals surface area contributed by atoms with Crippen molar-refractivity contribution < 1.29 is 4.79 Å². The predicted octanol–water partition coefficient (Wildman–Crippen LogP) is 4.34. The second-order valence-electron chi connectivity index (χ2n) is 5.08. The molecular weight excluding hydrogens is 248 g/mol. The summed E-state index contributed by atoms with van der Waals surface area (Å²) in [5.41, 5.74) is 4.99. The van der Waals surface area contributed by atoms with Gasteiger partial charge in [-0.15, -0.1) is 0 Å². The molecule has 1 aromatic heterocycles. The summed E-state index contributed by atoms with van der Waals surface area (Å²) in [4.78, 5) is 14.6. The molecule has 1 heterocycles. The van der Waals surface area contributed by atoms with Crippen molar-refractivity contribution in [2.75, 3.05) is 5.32 Å². The van der Waals surface area contributed by atoms with Gasteiger partial charge in [0.15, 0.2) is 6.29 Å². The summed E-state index contributed by atoms with van der Waals surface area (Å²) in [5.74, 6) is 0.742. The molecule has 0 fully saturated rings. The molecule has 0 spiro atoms. The number of H-pyrrole nitrogens is 1. The smallest absolute Gasteiger partial charge is 0.154 e. The normalized spacial score (nSPS) is 10.7. The first-order valence-corrected chi connectivity index (χ1v) is 6.58. The van der Waals surface area contributed by atoms with Gasteiger partial charge in [-0.2, -0.15) is 0 Å². The van der Waals surface area contributed by atoms with E-state index in [2.05, 4.69) is 42.3 Å². The second kappa shape index (κ2) is 4.85. The molecule has 0 unspecified atom stereocenters. The Morgan fingerprint density at radius 3 is 2.45 bits per heavy atom. The van der Waals surface area contributed by atoms with E-state index in [0.717, 1.165) is 28.7 Å². The fraction of sp³-hybridized carbons (Fsp3) is 0.118. The Hall–Kier alpha value is -2.55. The summed E-state index contributed by atoms with van der Waals surface area (Å²) in [7, 11) is 0. The molecule has 100 valence electrons. The van der Waals surface area contributed by atoms with Gasteiger partial charge in [-0.1, -0.05) is 24.3 Å². The minimum Gasteiger partial charge on any atom is -0.341 e. The van der Waals surface area contributed by atoms with E-state index in [1.807, 2.05) is 24.3 Å². The van der Waals surface area contributed by atoms with Gasteiger partial charge in [0.1, 0.15) is 5.82 Å². The highest BCUT2D eigenvalue weighted by molar-refractivity contribution is 6.03. The average molecular weight is 264 g/mol. The van der Waals surface area contributed by atoms with Crippen LogP contribution in [0.25, 0.3) is 10.9 Å². The topological polar surface area (TPSA) is 44.9 Å². The van der Waals surface area contributed by atoms with Crippen LogP contribution in [0.15, 0.2) is 42.5 Å². The summed E-state index contributed by atoms with van der Waals surface area (Å²) in [6.07, 6.45) is 0.893. The lowest BCUT2D eigenvalue weighted by Gasteiger charge is -2.07. The van der Waals surface area contributed by atoms with Crippen molar-refractivity contribution in [2.24, 2.45) is 0 Å². The van der Waals surface area contributed by atoms with Gasteiger partial charge in [0.05, 0.1) is 5.56 Å². The highest BCUT2D eigenvalue weighted by atomic mass is 16.1. The Labute approximate surface area is 117 Å². The van der Waals surface area contributed by atoms with Crippen LogP contribution in [-0.2, 0) is 0 Å². The van der Waals surface area contributed by atoms with E-state index in [4.69, 9.17) is 0 Å². The van der Waals surface area contributed by atoms with Gasteiger partial charge in [-0.3, -0.25) is 4.79 Å². The van der Waals surface area contributed by atoms with Crippen LogP contribution in [0.1, 0.15) is 21.5 Å². The summed E-state index contributed by atoms with van der Waals surface area (Å²) in [5, 5.41) is 4.25. The van der Waals surface area contributed by atoms with Crippen molar-refractivity contribution in [3.05, 3.63) is 59.2 Å². The number of carbonyl (C=O) groups excluding carboxylic acids is 1. The highest BCUT2D eigenvalue weighted by Crippen LogP contribution is 2.27. The van der Waals surface area contributed by atoms with Crippen LogP contribution in [0.5, 0.6) is 0 Å². The third-order valence-electron chi connectivity index (χ3n) is 3.36. The van der Waals surface area contributed by atoms with Gasteiger partial charge in [0.2, 0.25) is 0 Å². The van der Waals surface area contributed by atoms with Crippen LogP contribution in [0.4, 0.5) is 11.5 Å². The average Bonchev–Trinajstić information content (AvgIpc) is 2.74. The lowest BCUT2D eigenvalue weighted by atomic mass is 10.1. The van der Waals surface area contributed by atoms with E-state index in [9.17, 15) is 4.79 Å². The van der Waals surface area contributed by atoms with Crippen LogP contribution in [-0.4, -0.2) is 11.3 Å². The van der Waals surface area contributed by atoms with Gasteiger partial charge in [-0.25, -0.2) is 0 Å². The van der Waals surface area contributed by atoms with Crippen molar-refractivity contribution in [1.29, 1.82) is 0 Å². The molecule has 3 aromatic rings. The summed E-state index contributed by atoms with van der Waals surface area (Å²) in [6.45, 7) is 4.12. The Bertz CT molecular complexity index is 767. The monoisotopic (exact) mass is 264 g/mol. The van der Waals surface area contributed by atoms with Crippen LogP contribution in [0.3, 0.4) is 0 Å². The van der Waals surface area contributed by atoms with Gasteiger partial charge < -0.3 is 10.3 Å². The Kier molecular flexibility index (Phi) is 3.03. The molecule has 0 aliphatic rings. The molecule has 0 aliphatic heterocycles. The number of benzene rings is 2. The van der Waals surface area contributed by atoms with Gasteiger partial charge in [0.25, 0.3) is 0 Å². The molecule has 3 nitrogen and oxygen atoms in total. The Balaban J connectivity index is 2.08. The van der Waals surface area contributed by atoms with Crippen molar-refractivity contribution in [2.45, 2.75) is 13.8 Å². The summed E-state index contributed by atoms with van der Waals surface area (Å²) in [6, 6.07) is 14.0. The summed E-state index contributed by atoms with van der Waals surface area (Å²) < 4.78 is 0. The second-order valence-corrected chi connectivity index (χ2v) is 5.08. The minimum absolute atomic E-state index is 0.666.